The molecule has 1 aromatic rings. The van der Waals surface area contributed by atoms with E-state index in [0.717, 1.165) is 0 Å². The van der Waals surface area contributed by atoms with Gasteiger partial charge in [0.2, 0.25) is 6.35 Å². The summed E-state index contributed by atoms with van der Waals surface area (Å²) in [6, 6.07) is 8.94. The number of aliphatic carboxylic acids is 1. The Balaban J connectivity index is 3.14. The molecule has 20 heavy (non-hydrogen) atoms. The summed E-state index contributed by atoms with van der Waals surface area (Å²) < 4.78 is 11.5. The van der Waals surface area contributed by atoms with Crippen LogP contribution in [0.2, 0.25) is 0 Å². The molecular formula is C14H19NO4P+. The van der Waals surface area contributed by atoms with Crippen molar-refractivity contribution in [3.63, 3.8) is 0 Å². The summed E-state index contributed by atoms with van der Waals surface area (Å²) in [7, 11) is -1.84. The van der Waals surface area contributed by atoms with E-state index in [-0.39, 0.29) is 17.8 Å². The van der Waals surface area contributed by atoms with Gasteiger partial charge in [0.1, 0.15) is 5.70 Å². The van der Waals surface area contributed by atoms with Crippen LogP contribution in [0.15, 0.2) is 41.6 Å². The standard InChI is InChI=1S/C14H18NO4P/c1-10(2)12(8-20(19)9-16)13(14(17)18)15-11-6-4-3-5-7-11/h3-7,10,15-16H,8-9H2,1-2H3/p+1. The van der Waals surface area contributed by atoms with Crippen molar-refractivity contribution < 1.29 is 19.6 Å². The molecule has 0 radical (unpaired) electrons. The number of hydrogen-bond donors (Lipinski definition) is 3. The number of nitrogens with one attached hydrogen (secondary N) is 1. The predicted molar refractivity (Wildman–Crippen MR) is 79.1 cm³/mol. The number of allylic oxidation sites excluding steroid dienone is 1. The molecule has 0 spiro atoms. The Kier molecular flexibility index (Phi) is 6.36. The Hall–Kier alpha value is -1.71. The summed E-state index contributed by atoms with van der Waals surface area (Å²) in [6.07, 6.45) is -0.366. The first kappa shape index (κ1) is 16.3. The van der Waals surface area contributed by atoms with Crippen LogP contribution in [0.4, 0.5) is 5.69 Å². The van der Waals surface area contributed by atoms with E-state index >= 15 is 0 Å². The number of anilines is 1. The van der Waals surface area contributed by atoms with E-state index in [1.165, 1.54) is 0 Å². The number of aliphatic hydroxyl groups excluding tert-OH is 1. The second kappa shape index (κ2) is 7.78. The van der Waals surface area contributed by atoms with Crippen LogP contribution in [0.1, 0.15) is 13.8 Å². The summed E-state index contributed by atoms with van der Waals surface area (Å²) in [6.45, 7) is 3.68. The van der Waals surface area contributed by atoms with Gasteiger partial charge in [0.25, 0.3) is 0 Å². The van der Waals surface area contributed by atoms with E-state index in [1.807, 2.05) is 19.9 Å². The molecule has 0 saturated heterocycles. The van der Waals surface area contributed by atoms with Crippen LogP contribution < -0.4 is 5.32 Å². The minimum atomic E-state index is -1.84. The van der Waals surface area contributed by atoms with Crippen LogP contribution >= 0.6 is 7.80 Å². The largest absolute Gasteiger partial charge is 0.477 e. The second-order valence-electron chi connectivity index (χ2n) is 4.63. The molecule has 0 saturated carbocycles. The van der Waals surface area contributed by atoms with Crippen molar-refractivity contribution in [2.75, 3.05) is 17.8 Å². The van der Waals surface area contributed by atoms with Gasteiger partial charge in [0, 0.05) is 11.3 Å². The van der Waals surface area contributed by atoms with E-state index in [2.05, 4.69) is 5.32 Å². The lowest BCUT2D eigenvalue weighted by molar-refractivity contribution is -0.132. The SMILES string of the molecule is CC(C)C(C[P+](=O)CO)=C(Nc1ccccc1)C(=O)O. The van der Waals surface area contributed by atoms with Crippen molar-refractivity contribution in [2.45, 2.75) is 13.8 Å². The normalized spacial score (nSPS) is 12.9. The molecule has 0 fully saturated rings. The van der Waals surface area contributed by atoms with Crippen LogP contribution in [0.25, 0.3) is 0 Å². The monoisotopic (exact) mass is 296 g/mol. The van der Waals surface area contributed by atoms with Crippen molar-refractivity contribution >= 4 is 19.5 Å². The van der Waals surface area contributed by atoms with Crippen molar-refractivity contribution in [1.29, 1.82) is 0 Å². The third-order valence-corrected chi connectivity index (χ3v) is 3.79. The fourth-order valence-electron chi connectivity index (χ4n) is 1.73. The minimum Gasteiger partial charge on any atom is -0.477 e. The first-order valence-corrected chi connectivity index (χ1v) is 7.90. The number of benzene rings is 1. The van der Waals surface area contributed by atoms with Crippen molar-refractivity contribution in [3.05, 3.63) is 41.6 Å². The van der Waals surface area contributed by atoms with E-state index < -0.39 is 20.1 Å². The molecule has 1 aromatic carbocycles. The molecule has 6 heteroatoms. The maximum absolute atomic E-state index is 11.5. The first-order valence-electron chi connectivity index (χ1n) is 6.27. The summed E-state index contributed by atoms with van der Waals surface area (Å²) in [5.74, 6) is -1.18. The lowest BCUT2D eigenvalue weighted by Crippen LogP contribution is -2.17. The Morgan fingerprint density at radius 2 is 1.90 bits per heavy atom. The highest BCUT2D eigenvalue weighted by molar-refractivity contribution is 7.44. The minimum absolute atomic E-state index is 0.0306. The predicted octanol–water partition coefficient (Wildman–Crippen LogP) is 2.87. The van der Waals surface area contributed by atoms with Crippen LogP contribution in [-0.2, 0) is 9.36 Å². The lowest BCUT2D eigenvalue weighted by atomic mass is 10.0. The van der Waals surface area contributed by atoms with Gasteiger partial charge < -0.3 is 15.5 Å². The van der Waals surface area contributed by atoms with Gasteiger partial charge in [-0.25, -0.2) is 4.79 Å². The number of carboxylic acid groups (broad SMARTS) is 1. The van der Waals surface area contributed by atoms with Crippen molar-refractivity contribution in [3.8, 4) is 0 Å². The maximum Gasteiger partial charge on any atom is 0.371 e. The maximum atomic E-state index is 11.5. The molecule has 0 bridgehead atoms. The van der Waals surface area contributed by atoms with Gasteiger partial charge in [-0.2, -0.15) is 0 Å². The molecule has 0 aliphatic heterocycles. The summed E-state index contributed by atoms with van der Waals surface area (Å²) in [5.41, 5.74) is 1.22. The van der Waals surface area contributed by atoms with Crippen LogP contribution in [0, 0.1) is 5.92 Å². The van der Waals surface area contributed by atoms with Gasteiger partial charge in [0.05, 0.1) is 0 Å². The summed E-state index contributed by atoms with van der Waals surface area (Å²) in [4.78, 5) is 11.4. The quantitative estimate of drug-likeness (QED) is 0.532. The summed E-state index contributed by atoms with van der Waals surface area (Å²) in [5, 5.41) is 21.1. The van der Waals surface area contributed by atoms with Gasteiger partial charge in [-0.1, -0.05) is 36.6 Å². The van der Waals surface area contributed by atoms with E-state index in [4.69, 9.17) is 5.11 Å². The molecule has 5 nitrogen and oxygen atoms in total. The average molecular weight is 296 g/mol. The van der Waals surface area contributed by atoms with E-state index in [0.29, 0.717) is 11.3 Å². The van der Waals surface area contributed by atoms with Gasteiger partial charge in [-0.3, -0.25) is 0 Å². The molecule has 0 aromatic heterocycles. The second-order valence-corrected chi connectivity index (χ2v) is 6.20. The number of carboxylic acids is 1. The molecule has 0 amide bonds. The highest BCUT2D eigenvalue weighted by Gasteiger charge is 2.25. The zero-order chi connectivity index (χ0) is 15.1. The van der Waals surface area contributed by atoms with Crippen molar-refractivity contribution in [1.82, 2.24) is 0 Å². The van der Waals surface area contributed by atoms with Crippen molar-refractivity contribution in [2.24, 2.45) is 5.92 Å². The smallest absolute Gasteiger partial charge is 0.371 e. The lowest BCUT2D eigenvalue weighted by Gasteiger charge is -2.14. The summed E-state index contributed by atoms with van der Waals surface area (Å²) >= 11 is 0. The molecule has 3 N–H and O–H groups in total. The third kappa shape index (κ3) is 4.76. The van der Waals surface area contributed by atoms with Gasteiger partial charge in [0.15, 0.2) is 6.16 Å². The van der Waals surface area contributed by atoms with Gasteiger partial charge in [-0.15, -0.1) is 0 Å². The molecule has 1 atom stereocenters. The highest BCUT2D eigenvalue weighted by Crippen LogP contribution is 2.29. The Morgan fingerprint density at radius 1 is 1.30 bits per heavy atom. The van der Waals surface area contributed by atoms with Crippen LogP contribution in [0.3, 0.4) is 0 Å². The van der Waals surface area contributed by atoms with Gasteiger partial charge >= 0.3 is 13.8 Å². The van der Waals surface area contributed by atoms with E-state index in [9.17, 15) is 14.5 Å². The fraction of sp³-hybridized carbons (Fsp3) is 0.357. The Labute approximate surface area is 119 Å². The van der Waals surface area contributed by atoms with Gasteiger partial charge in [-0.05, 0) is 18.1 Å². The highest BCUT2D eigenvalue weighted by atomic mass is 31.1. The van der Waals surface area contributed by atoms with E-state index in [1.54, 1.807) is 24.3 Å². The zero-order valence-electron chi connectivity index (χ0n) is 11.5. The topological polar surface area (TPSA) is 86.6 Å². The van der Waals surface area contributed by atoms with Crippen LogP contribution in [0.5, 0.6) is 0 Å². The number of carbonyl (C=O) groups is 1. The Morgan fingerprint density at radius 3 is 2.35 bits per heavy atom. The van der Waals surface area contributed by atoms with Crippen LogP contribution in [-0.4, -0.2) is 28.7 Å². The first-order chi connectivity index (χ1) is 9.45. The Bertz CT molecular complexity index is 511. The number of hydrogen-bond acceptors (Lipinski definition) is 4. The average Bonchev–Trinajstić information content (AvgIpc) is 2.42. The molecule has 1 rings (SSSR count). The molecule has 1 unspecified atom stereocenters. The number of aliphatic hydroxyl groups is 1. The number of para-hydroxylation sites is 1. The molecule has 0 aliphatic rings. The molecule has 0 heterocycles. The molecule has 0 aliphatic carbocycles. The number of rotatable bonds is 7. The molecule has 108 valence electrons. The molecular weight excluding hydrogens is 277 g/mol. The third-order valence-electron chi connectivity index (χ3n) is 2.78. The zero-order valence-corrected chi connectivity index (χ0v) is 12.4. The fourth-order valence-corrected chi connectivity index (χ4v) is 2.73.